The van der Waals surface area contributed by atoms with Crippen molar-refractivity contribution >= 4 is 22.4 Å². The van der Waals surface area contributed by atoms with E-state index in [0.29, 0.717) is 0 Å². The molecular formula is C29H39N3O2. The molecule has 1 aliphatic rings. The summed E-state index contributed by atoms with van der Waals surface area (Å²) in [4.78, 5) is 21.0. The first kappa shape index (κ1) is 25.6. The SMILES string of the molecule is CC.CCN(CC)C(=O)C1C=C(c2cccc3[nH]cc(C)c23)CN(Cc2cccc(OC)c2)C1. The minimum atomic E-state index is -0.154. The summed E-state index contributed by atoms with van der Waals surface area (Å²) in [6.07, 6.45) is 4.27. The van der Waals surface area contributed by atoms with E-state index < -0.39 is 0 Å². The third-order valence-corrected chi connectivity index (χ3v) is 6.43. The van der Waals surface area contributed by atoms with Crippen molar-refractivity contribution in [3.8, 4) is 5.75 Å². The third-order valence-electron chi connectivity index (χ3n) is 6.43. The van der Waals surface area contributed by atoms with Crippen molar-refractivity contribution in [2.75, 3.05) is 33.3 Å². The first-order chi connectivity index (χ1) is 16.5. The number of carbonyl (C=O) groups excluding carboxylic acids is 1. The van der Waals surface area contributed by atoms with Gasteiger partial charge in [0.1, 0.15) is 5.75 Å². The second-order valence-corrected chi connectivity index (χ2v) is 8.53. The Morgan fingerprint density at radius 3 is 2.59 bits per heavy atom. The van der Waals surface area contributed by atoms with Gasteiger partial charge >= 0.3 is 0 Å². The molecule has 5 heteroatoms. The summed E-state index contributed by atoms with van der Waals surface area (Å²) < 4.78 is 5.41. The van der Waals surface area contributed by atoms with Crippen LogP contribution in [0.1, 0.15) is 44.4 Å². The van der Waals surface area contributed by atoms with Gasteiger partial charge in [-0.3, -0.25) is 9.69 Å². The van der Waals surface area contributed by atoms with Crippen molar-refractivity contribution in [2.24, 2.45) is 5.92 Å². The Kier molecular flexibility index (Phi) is 8.94. The second-order valence-electron chi connectivity index (χ2n) is 8.53. The first-order valence-corrected chi connectivity index (χ1v) is 12.5. The van der Waals surface area contributed by atoms with Gasteiger partial charge in [-0.15, -0.1) is 0 Å². The molecule has 0 aliphatic carbocycles. The van der Waals surface area contributed by atoms with Gasteiger partial charge in [0.2, 0.25) is 5.91 Å². The van der Waals surface area contributed by atoms with E-state index >= 15 is 0 Å². The fourth-order valence-electron chi connectivity index (χ4n) is 4.80. The maximum Gasteiger partial charge on any atom is 0.230 e. The van der Waals surface area contributed by atoms with Gasteiger partial charge in [0.05, 0.1) is 13.0 Å². The topological polar surface area (TPSA) is 48.6 Å². The van der Waals surface area contributed by atoms with Crippen LogP contribution in [0.4, 0.5) is 0 Å². The number of hydrogen-bond donors (Lipinski definition) is 1. The highest BCUT2D eigenvalue weighted by Gasteiger charge is 2.29. The minimum Gasteiger partial charge on any atom is -0.497 e. The van der Waals surface area contributed by atoms with Crippen LogP contribution in [0.2, 0.25) is 0 Å². The van der Waals surface area contributed by atoms with Crippen LogP contribution in [0.15, 0.2) is 54.7 Å². The molecule has 1 amide bonds. The number of nitrogens with zero attached hydrogens (tertiary/aromatic N) is 2. The van der Waals surface area contributed by atoms with Crippen molar-refractivity contribution in [3.63, 3.8) is 0 Å². The summed E-state index contributed by atoms with van der Waals surface area (Å²) in [5, 5.41) is 1.25. The number of methoxy groups -OCH3 is 1. The molecule has 0 fully saturated rings. The molecule has 4 rings (SSSR count). The smallest absolute Gasteiger partial charge is 0.230 e. The van der Waals surface area contributed by atoms with Gasteiger partial charge in [0.25, 0.3) is 0 Å². The van der Waals surface area contributed by atoms with Gasteiger partial charge in [-0.25, -0.2) is 0 Å². The number of amides is 1. The van der Waals surface area contributed by atoms with Crippen LogP contribution in [0.3, 0.4) is 0 Å². The molecule has 34 heavy (non-hydrogen) atoms. The van der Waals surface area contributed by atoms with Crippen LogP contribution in [0, 0.1) is 12.8 Å². The normalized spacial score (nSPS) is 15.9. The average Bonchev–Trinajstić information content (AvgIpc) is 3.26. The lowest BCUT2D eigenvalue weighted by molar-refractivity contribution is -0.134. The van der Waals surface area contributed by atoms with E-state index in [4.69, 9.17) is 4.74 Å². The standard InChI is InChI=1S/C27H33N3O2.C2H6/c1-5-30(6-2)27(31)22-14-21(24-11-8-12-25-26(24)19(3)15-28-25)17-29(18-22)16-20-9-7-10-23(13-20)32-4;1-2/h7-15,22,28H,5-6,16-18H2,1-4H3;1-2H3. The summed E-state index contributed by atoms with van der Waals surface area (Å²) in [6, 6.07) is 14.6. The summed E-state index contributed by atoms with van der Waals surface area (Å²) in [5.74, 6) is 0.915. The molecule has 1 unspecified atom stereocenters. The molecule has 1 atom stereocenters. The summed E-state index contributed by atoms with van der Waals surface area (Å²) in [6.45, 7) is 14.0. The van der Waals surface area contributed by atoms with E-state index in [1.807, 2.05) is 44.7 Å². The molecule has 3 aromatic rings. The maximum atomic E-state index is 13.3. The van der Waals surface area contributed by atoms with Crippen molar-refractivity contribution in [1.82, 2.24) is 14.8 Å². The van der Waals surface area contributed by atoms with E-state index in [0.717, 1.165) is 44.0 Å². The average molecular weight is 462 g/mol. The Morgan fingerprint density at radius 2 is 1.88 bits per heavy atom. The molecular weight excluding hydrogens is 422 g/mol. The quantitative estimate of drug-likeness (QED) is 0.477. The van der Waals surface area contributed by atoms with Crippen molar-refractivity contribution in [1.29, 1.82) is 0 Å². The molecule has 5 nitrogen and oxygen atoms in total. The highest BCUT2D eigenvalue weighted by molar-refractivity contribution is 5.96. The minimum absolute atomic E-state index is 0.154. The lowest BCUT2D eigenvalue weighted by Crippen LogP contribution is -2.43. The van der Waals surface area contributed by atoms with Crippen LogP contribution in [0.25, 0.3) is 16.5 Å². The highest BCUT2D eigenvalue weighted by atomic mass is 16.5. The largest absolute Gasteiger partial charge is 0.497 e. The fourth-order valence-corrected chi connectivity index (χ4v) is 4.80. The summed E-state index contributed by atoms with van der Waals surface area (Å²) in [5.41, 5.74) is 5.99. The monoisotopic (exact) mass is 461 g/mol. The van der Waals surface area contributed by atoms with Crippen molar-refractivity contribution < 1.29 is 9.53 Å². The number of fused-ring (bicyclic) bond motifs is 1. The molecule has 0 saturated heterocycles. The molecule has 0 bridgehead atoms. The Labute approximate surface area is 204 Å². The number of aromatic nitrogens is 1. The first-order valence-electron chi connectivity index (χ1n) is 12.5. The molecule has 0 radical (unpaired) electrons. The van der Waals surface area contributed by atoms with Crippen LogP contribution >= 0.6 is 0 Å². The Balaban J connectivity index is 0.00000158. The molecule has 0 spiro atoms. The van der Waals surface area contributed by atoms with Crippen LogP contribution in [0.5, 0.6) is 5.75 Å². The lowest BCUT2D eigenvalue weighted by atomic mass is 9.91. The Hall–Kier alpha value is -3.05. The molecule has 1 aliphatic heterocycles. The number of hydrogen-bond acceptors (Lipinski definition) is 3. The Morgan fingerprint density at radius 1 is 1.15 bits per heavy atom. The van der Waals surface area contributed by atoms with Crippen LogP contribution < -0.4 is 4.74 Å². The molecule has 182 valence electrons. The van der Waals surface area contributed by atoms with Crippen LogP contribution in [-0.2, 0) is 11.3 Å². The number of rotatable bonds is 7. The summed E-state index contributed by atoms with van der Waals surface area (Å²) >= 11 is 0. The van der Waals surface area contributed by atoms with Crippen molar-refractivity contribution in [3.05, 3.63) is 71.4 Å². The number of benzene rings is 2. The predicted molar refractivity (Wildman–Crippen MR) is 142 cm³/mol. The van der Waals surface area contributed by atoms with Gasteiger partial charge in [-0.05, 0) is 61.2 Å². The Bertz CT molecular complexity index is 1130. The van der Waals surface area contributed by atoms with E-state index in [9.17, 15) is 4.79 Å². The van der Waals surface area contributed by atoms with Gasteiger partial charge in [-0.2, -0.15) is 0 Å². The molecule has 1 N–H and O–H groups in total. The van der Waals surface area contributed by atoms with E-state index in [1.54, 1.807) is 7.11 Å². The molecule has 1 aromatic heterocycles. The highest BCUT2D eigenvalue weighted by Crippen LogP contribution is 2.32. The predicted octanol–water partition coefficient (Wildman–Crippen LogP) is 5.89. The zero-order valence-electron chi connectivity index (χ0n) is 21.5. The van der Waals surface area contributed by atoms with Gasteiger partial charge in [0.15, 0.2) is 0 Å². The zero-order valence-corrected chi connectivity index (χ0v) is 21.5. The van der Waals surface area contributed by atoms with E-state index in [1.165, 1.54) is 27.6 Å². The number of ether oxygens (including phenoxy) is 1. The van der Waals surface area contributed by atoms with Gasteiger partial charge in [0, 0.05) is 49.8 Å². The number of nitrogens with one attached hydrogen (secondary N) is 1. The third kappa shape index (κ3) is 5.53. The van der Waals surface area contributed by atoms with Gasteiger partial charge < -0.3 is 14.6 Å². The van der Waals surface area contributed by atoms with E-state index in [-0.39, 0.29) is 11.8 Å². The number of H-pyrrole nitrogens is 1. The number of aryl methyl sites for hydroxylation is 1. The molecule has 2 aromatic carbocycles. The number of carbonyl (C=O) groups is 1. The van der Waals surface area contributed by atoms with Gasteiger partial charge in [-0.1, -0.05) is 44.2 Å². The lowest BCUT2D eigenvalue weighted by Gasteiger charge is -2.34. The number of aromatic amines is 1. The van der Waals surface area contributed by atoms with Crippen molar-refractivity contribution in [2.45, 2.75) is 41.2 Å². The summed E-state index contributed by atoms with van der Waals surface area (Å²) in [7, 11) is 1.69. The molecule has 0 saturated carbocycles. The van der Waals surface area contributed by atoms with Crippen LogP contribution in [-0.4, -0.2) is 54.0 Å². The zero-order chi connectivity index (χ0) is 24.7. The van der Waals surface area contributed by atoms with E-state index in [2.05, 4.69) is 59.4 Å². The fraction of sp³-hybridized carbons (Fsp3) is 0.414. The maximum absolute atomic E-state index is 13.3. The molecule has 2 heterocycles. The second kappa shape index (κ2) is 11.9.